The summed E-state index contributed by atoms with van der Waals surface area (Å²) in [5.74, 6) is 0. The molecular weight excluding hydrogens is 187 g/mol. The third-order valence-electron chi connectivity index (χ3n) is 0.827. The first-order valence-electron chi connectivity index (χ1n) is 3.31. The molecule has 12 heavy (non-hydrogen) atoms. The molecule has 0 bridgehead atoms. The van der Waals surface area contributed by atoms with Crippen molar-refractivity contribution in [3.63, 3.8) is 0 Å². The molecule has 0 aromatic carbocycles. The zero-order valence-electron chi connectivity index (χ0n) is 6.88. The van der Waals surface area contributed by atoms with E-state index in [1.807, 2.05) is 0 Å². The maximum Gasteiger partial charge on any atom is 0.466 e. The number of hydrogen-bond acceptors (Lipinski definition) is 3. The summed E-state index contributed by atoms with van der Waals surface area (Å²) in [6, 6.07) is 0. The van der Waals surface area contributed by atoms with Crippen LogP contribution in [0.25, 0.3) is 0 Å². The second-order valence-corrected chi connectivity index (χ2v) is 2.86. The molecule has 0 unspecified atom stereocenters. The molecule has 0 saturated carbocycles. The van der Waals surface area contributed by atoms with Crippen molar-refractivity contribution in [2.75, 3.05) is 20.3 Å². The maximum absolute atomic E-state index is 8.88. The van der Waals surface area contributed by atoms with Crippen LogP contribution in [0, 0.1) is 0 Å². The monoisotopic (exact) mass is 202 g/mol. The molecule has 1 aliphatic heterocycles. The number of aliphatic hydroxyl groups excluding tert-OH is 1. The standard InChI is InChI=1S/C4H8O.CH4O.H3O4P/c1-2-4-5-3-1;1-2;1-5(2,3)4/h1-4H2;2H,1H3;(H3,1,2,3,4). The van der Waals surface area contributed by atoms with E-state index in [-0.39, 0.29) is 0 Å². The third-order valence-corrected chi connectivity index (χ3v) is 0.827. The van der Waals surface area contributed by atoms with Gasteiger partial charge in [-0.05, 0) is 12.8 Å². The van der Waals surface area contributed by atoms with Gasteiger partial charge in [-0.15, -0.1) is 0 Å². The molecule has 0 aliphatic carbocycles. The predicted octanol–water partition coefficient (Wildman–Crippen LogP) is -0.523. The molecule has 0 aromatic rings. The number of hydrogen-bond donors (Lipinski definition) is 4. The van der Waals surface area contributed by atoms with Crippen LogP contribution in [-0.4, -0.2) is 40.1 Å². The smallest absolute Gasteiger partial charge is 0.400 e. The first-order valence-corrected chi connectivity index (χ1v) is 4.87. The molecule has 0 amide bonds. The summed E-state index contributed by atoms with van der Waals surface area (Å²) in [6.07, 6.45) is 2.56. The second kappa shape index (κ2) is 9.12. The van der Waals surface area contributed by atoms with E-state index in [1.54, 1.807) is 0 Å². The lowest BCUT2D eigenvalue weighted by Crippen LogP contribution is -1.74. The van der Waals surface area contributed by atoms with E-state index in [2.05, 4.69) is 0 Å². The number of phosphoric acid groups is 1. The molecule has 1 rings (SSSR count). The van der Waals surface area contributed by atoms with Crippen molar-refractivity contribution in [3.05, 3.63) is 0 Å². The summed E-state index contributed by atoms with van der Waals surface area (Å²) in [4.78, 5) is 21.6. The SMILES string of the molecule is C1CCOC1.CO.O=P(O)(O)O. The average molecular weight is 202 g/mol. The van der Waals surface area contributed by atoms with E-state index in [0.717, 1.165) is 20.3 Å². The number of aliphatic hydroxyl groups is 1. The molecule has 1 saturated heterocycles. The van der Waals surface area contributed by atoms with Gasteiger partial charge < -0.3 is 24.5 Å². The molecule has 4 N–H and O–H groups in total. The minimum absolute atomic E-state index is 1.00. The molecule has 0 aromatic heterocycles. The Morgan fingerprint density at radius 1 is 1.08 bits per heavy atom. The zero-order valence-corrected chi connectivity index (χ0v) is 7.78. The molecule has 1 heterocycles. The highest BCUT2D eigenvalue weighted by Gasteiger charge is 2.00. The molecule has 76 valence electrons. The Labute approximate surface area is 71.0 Å². The van der Waals surface area contributed by atoms with E-state index in [0.29, 0.717) is 0 Å². The highest BCUT2D eigenvalue weighted by atomic mass is 31.2. The third kappa shape index (κ3) is 32.3. The Bertz CT molecular complexity index is 101. The predicted molar refractivity (Wildman–Crippen MR) is 42.5 cm³/mol. The molecule has 6 nitrogen and oxygen atoms in total. The fourth-order valence-electron chi connectivity index (χ4n) is 0.510. The van der Waals surface area contributed by atoms with Crippen LogP contribution >= 0.6 is 7.82 Å². The number of ether oxygens (including phenoxy) is 1. The van der Waals surface area contributed by atoms with E-state index >= 15 is 0 Å². The van der Waals surface area contributed by atoms with Crippen LogP contribution in [0.5, 0.6) is 0 Å². The Morgan fingerprint density at radius 3 is 1.42 bits per heavy atom. The zero-order chi connectivity index (χ0) is 10.0. The lowest BCUT2D eigenvalue weighted by molar-refractivity contribution is 0.198. The normalized spacial score (nSPS) is 15.4. The van der Waals surface area contributed by atoms with Gasteiger partial charge in [-0.3, -0.25) is 0 Å². The minimum atomic E-state index is -4.64. The Kier molecular flexibility index (Phi) is 11.1. The van der Waals surface area contributed by atoms with Crippen molar-refractivity contribution in [2.24, 2.45) is 0 Å². The summed E-state index contributed by atoms with van der Waals surface area (Å²) in [5.41, 5.74) is 0. The Hall–Kier alpha value is 0.0300. The van der Waals surface area contributed by atoms with Gasteiger partial charge in [0.1, 0.15) is 0 Å². The van der Waals surface area contributed by atoms with Crippen molar-refractivity contribution in [3.8, 4) is 0 Å². The Balaban J connectivity index is 0. The van der Waals surface area contributed by atoms with E-state index < -0.39 is 7.82 Å². The molecular formula is C5H15O6P. The van der Waals surface area contributed by atoms with Crippen LogP contribution < -0.4 is 0 Å². The second-order valence-electron chi connectivity index (χ2n) is 1.83. The van der Waals surface area contributed by atoms with Gasteiger partial charge in [0.15, 0.2) is 0 Å². The molecule has 1 fully saturated rings. The fourth-order valence-corrected chi connectivity index (χ4v) is 0.510. The molecule has 0 radical (unpaired) electrons. The van der Waals surface area contributed by atoms with Crippen LogP contribution in [0.3, 0.4) is 0 Å². The van der Waals surface area contributed by atoms with Crippen molar-refractivity contribution >= 4 is 7.82 Å². The summed E-state index contributed by atoms with van der Waals surface area (Å²) in [7, 11) is -3.64. The minimum Gasteiger partial charge on any atom is -0.400 e. The molecule has 0 atom stereocenters. The van der Waals surface area contributed by atoms with Crippen molar-refractivity contribution < 1.29 is 29.1 Å². The van der Waals surface area contributed by atoms with Crippen molar-refractivity contribution in [1.29, 1.82) is 0 Å². The maximum atomic E-state index is 8.88. The van der Waals surface area contributed by atoms with Crippen LogP contribution in [0.15, 0.2) is 0 Å². The van der Waals surface area contributed by atoms with Gasteiger partial charge in [0, 0.05) is 20.3 Å². The van der Waals surface area contributed by atoms with Gasteiger partial charge in [-0.2, -0.15) is 0 Å². The number of rotatable bonds is 0. The van der Waals surface area contributed by atoms with Gasteiger partial charge in [-0.1, -0.05) is 0 Å². The highest BCUT2D eigenvalue weighted by Crippen LogP contribution is 2.25. The Morgan fingerprint density at radius 2 is 1.33 bits per heavy atom. The molecule has 0 spiro atoms. The van der Waals surface area contributed by atoms with Crippen LogP contribution in [0.1, 0.15) is 12.8 Å². The van der Waals surface area contributed by atoms with E-state index in [4.69, 9.17) is 29.1 Å². The van der Waals surface area contributed by atoms with Gasteiger partial charge in [0.25, 0.3) is 0 Å². The summed E-state index contributed by atoms with van der Waals surface area (Å²) < 4.78 is 13.8. The lowest BCUT2D eigenvalue weighted by atomic mass is 10.4. The van der Waals surface area contributed by atoms with E-state index in [9.17, 15) is 0 Å². The van der Waals surface area contributed by atoms with Gasteiger partial charge in [0.2, 0.25) is 0 Å². The summed E-state index contributed by atoms with van der Waals surface area (Å²) >= 11 is 0. The van der Waals surface area contributed by atoms with E-state index in [1.165, 1.54) is 12.8 Å². The summed E-state index contributed by atoms with van der Waals surface area (Å²) in [5, 5.41) is 7.00. The topological polar surface area (TPSA) is 107 Å². The fraction of sp³-hybridized carbons (Fsp3) is 1.00. The largest absolute Gasteiger partial charge is 0.466 e. The molecule has 7 heteroatoms. The van der Waals surface area contributed by atoms with Crippen molar-refractivity contribution in [1.82, 2.24) is 0 Å². The first kappa shape index (κ1) is 14.5. The quantitative estimate of drug-likeness (QED) is 0.393. The van der Waals surface area contributed by atoms with Crippen LogP contribution in [-0.2, 0) is 9.30 Å². The molecule has 1 aliphatic rings. The highest BCUT2D eigenvalue weighted by molar-refractivity contribution is 7.45. The lowest BCUT2D eigenvalue weighted by Gasteiger charge is -1.82. The van der Waals surface area contributed by atoms with Crippen LogP contribution in [0.2, 0.25) is 0 Å². The average Bonchev–Trinajstić information content (AvgIpc) is 2.41. The first-order chi connectivity index (χ1) is 5.50. The van der Waals surface area contributed by atoms with Crippen LogP contribution in [0.4, 0.5) is 0 Å². The van der Waals surface area contributed by atoms with Crippen molar-refractivity contribution in [2.45, 2.75) is 12.8 Å². The van der Waals surface area contributed by atoms with Gasteiger partial charge in [0.05, 0.1) is 0 Å². The van der Waals surface area contributed by atoms with Gasteiger partial charge >= 0.3 is 7.82 Å². The van der Waals surface area contributed by atoms with Gasteiger partial charge in [-0.25, -0.2) is 4.57 Å². The summed E-state index contributed by atoms with van der Waals surface area (Å²) in [6.45, 7) is 2.00.